The van der Waals surface area contributed by atoms with E-state index in [2.05, 4.69) is 48.5 Å². The second-order valence-electron chi connectivity index (χ2n) is 14.7. The normalized spacial score (nSPS) is 17.4. The third-order valence-corrected chi connectivity index (χ3v) is 10.9. The Kier molecular flexibility index (Phi) is 13.1. The van der Waals surface area contributed by atoms with Gasteiger partial charge in [-0.3, -0.25) is 14.9 Å². The summed E-state index contributed by atoms with van der Waals surface area (Å²) in [5.74, 6) is -1.64. The molecule has 1 aromatic carbocycles. The lowest BCUT2D eigenvalue weighted by Crippen LogP contribution is -2.74. The van der Waals surface area contributed by atoms with Crippen LogP contribution in [0.3, 0.4) is 0 Å². The number of benzene rings is 1. The van der Waals surface area contributed by atoms with E-state index in [1.54, 1.807) is 76.4 Å². The first kappa shape index (κ1) is 39.9. The molecule has 0 saturated carbocycles. The Balaban J connectivity index is 1.83. The van der Waals surface area contributed by atoms with Gasteiger partial charge in [-0.1, -0.05) is 51.0 Å². The number of oxime groups is 1. The third kappa shape index (κ3) is 12.4. The summed E-state index contributed by atoms with van der Waals surface area (Å²) in [6.07, 6.45) is -1.72. The smallest absolute Gasteiger partial charge is 0.457 e. The van der Waals surface area contributed by atoms with Crippen molar-refractivity contribution in [2.24, 2.45) is 10.6 Å². The lowest BCUT2D eigenvalue weighted by molar-refractivity contribution is -0.160. The summed E-state index contributed by atoms with van der Waals surface area (Å²) in [5.41, 5.74) is -1.83. The van der Waals surface area contributed by atoms with Crippen molar-refractivity contribution in [1.82, 2.24) is 14.9 Å². The van der Waals surface area contributed by atoms with Gasteiger partial charge in [-0.2, -0.15) is 0 Å². The van der Waals surface area contributed by atoms with Crippen LogP contribution in [0.25, 0.3) is 0 Å². The molecule has 15 nitrogen and oxygen atoms in total. The number of rotatable bonds is 12. The minimum Gasteiger partial charge on any atom is -0.457 e. The average Bonchev–Trinajstić information content (AvgIpc) is 3.43. The van der Waals surface area contributed by atoms with Crippen LogP contribution >= 0.6 is 11.3 Å². The van der Waals surface area contributed by atoms with Crippen LogP contribution in [0.2, 0.25) is 5.54 Å². The molecule has 274 valence electrons. The first-order valence-corrected chi connectivity index (χ1v) is 18.3. The second kappa shape index (κ2) is 16.5. The van der Waals surface area contributed by atoms with Gasteiger partial charge in [-0.25, -0.2) is 19.4 Å². The summed E-state index contributed by atoms with van der Waals surface area (Å²) in [6, 6.07) is 6.61. The minimum atomic E-state index is -1.22. The zero-order valence-electron chi connectivity index (χ0n) is 30.1. The molecule has 1 saturated heterocycles. The largest absolute Gasteiger partial charge is 0.513 e. The van der Waals surface area contributed by atoms with Crippen LogP contribution in [-0.4, -0.2) is 91.5 Å². The number of hydrogen-bond acceptors (Lipinski definition) is 13. The molecule has 0 aliphatic carbocycles. The number of carbonyl (C=O) groups is 5. The summed E-state index contributed by atoms with van der Waals surface area (Å²) in [4.78, 5) is 73.8. The molecule has 50 heavy (non-hydrogen) atoms. The first-order chi connectivity index (χ1) is 23.1. The summed E-state index contributed by atoms with van der Waals surface area (Å²) >= 11 is 0.986. The highest BCUT2D eigenvalue weighted by Crippen LogP contribution is 2.33. The molecule has 3 rings (SSSR count). The monoisotopic (exact) mass is 733 g/mol. The highest BCUT2D eigenvalue weighted by atomic mass is 32.1. The zero-order chi connectivity index (χ0) is 37.4. The summed E-state index contributed by atoms with van der Waals surface area (Å²) in [7, 11) is -1.22. The maximum absolute atomic E-state index is 13.8. The predicted octanol–water partition coefficient (Wildman–Crippen LogP) is 4.40. The number of anilines is 1. The van der Waals surface area contributed by atoms with Crippen molar-refractivity contribution in [3.8, 4) is 5.75 Å². The van der Waals surface area contributed by atoms with E-state index >= 15 is 0 Å². The van der Waals surface area contributed by atoms with E-state index < -0.39 is 63.7 Å². The van der Waals surface area contributed by atoms with Crippen LogP contribution < -0.4 is 15.4 Å². The van der Waals surface area contributed by atoms with E-state index in [0.29, 0.717) is 0 Å². The molecule has 17 heteroatoms. The number of β-lactam (4-membered cyclic amide) rings is 1. The van der Waals surface area contributed by atoms with E-state index in [-0.39, 0.29) is 45.8 Å². The Hall–Kier alpha value is -4.51. The fourth-order valence-corrected chi connectivity index (χ4v) is 7.06. The quantitative estimate of drug-likeness (QED) is 0.0600. The van der Waals surface area contributed by atoms with Crippen molar-refractivity contribution < 1.29 is 47.8 Å². The standard InChI is InChI=1S/C33H47N5O10SSi/c1-19(31(2,3)4)50-38-22(16-44-30(43)46-20-14-12-11-13-15-20)25(27(38)41)35-26(40)24(37-45-17-23(39)47-32(5,6)7)21-18-49-28(34-21)36-29(42)48-33(8,9)10/h11-15,18-19,22,25H,16-17,50H2,1-10H3,(H,35,40)(H,34,36,42). The van der Waals surface area contributed by atoms with Crippen LogP contribution in [0.1, 0.15) is 74.9 Å². The number of nitrogens with one attached hydrogen (secondary N) is 2. The molecule has 0 radical (unpaired) electrons. The third-order valence-electron chi connectivity index (χ3n) is 7.21. The highest BCUT2D eigenvalue weighted by molar-refractivity contribution is 7.14. The first-order valence-electron chi connectivity index (χ1n) is 16.0. The van der Waals surface area contributed by atoms with Crippen LogP contribution in [-0.2, 0) is 33.4 Å². The molecule has 2 aromatic rings. The molecular formula is C33H47N5O10SSi. The van der Waals surface area contributed by atoms with Crippen LogP contribution in [0.15, 0.2) is 40.9 Å². The van der Waals surface area contributed by atoms with Gasteiger partial charge in [0, 0.05) is 5.38 Å². The predicted molar refractivity (Wildman–Crippen MR) is 189 cm³/mol. The Bertz CT molecular complexity index is 1560. The fourth-order valence-electron chi connectivity index (χ4n) is 4.28. The Morgan fingerprint density at radius 2 is 1.64 bits per heavy atom. The number of amides is 3. The van der Waals surface area contributed by atoms with Crippen molar-refractivity contribution in [2.45, 2.75) is 98.1 Å². The molecule has 3 atom stereocenters. The van der Waals surface area contributed by atoms with Crippen molar-refractivity contribution in [2.75, 3.05) is 18.5 Å². The van der Waals surface area contributed by atoms with Gasteiger partial charge in [-0.05, 0) is 64.6 Å². The molecule has 3 unspecified atom stereocenters. The molecule has 2 N–H and O–H groups in total. The van der Waals surface area contributed by atoms with Crippen LogP contribution in [0.4, 0.5) is 14.7 Å². The van der Waals surface area contributed by atoms with E-state index in [4.69, 9.17) is 23.8 Å². The van der Waals surface area contributed by atoms with Crippen LogP contribution in [0.5, 0.6) is 5.75 Å². The molecule has 3 amide bonds. The van der Waals surface area contributed by atoms with Gasteiger partial charge >= 0.3 is 18.2 Å². The summed E-state index contributed by atoms with van der Waals surface area (Å²) in [6.45, 7) is 17.6. The lowest BCUT2D eigenvalue weighted by atomic mass is 9.93. The Morgan fingerprint density at radius 1 is 1.00 bits per heavy atom. The molecule has 2 heterocycles. The number of esters is 1. The van der Waals surface area contributed by atoms with Gasteiger partial charge in [0.15, 0.2) is 10.8 Å². The zero-order valence-corrected chi connectivity index (χ0v) is 32.4. The number of para-hydroxylation sites is 1. The lowest BCUT2D eigenvalue weighted by Gasteiger charge is -2.49. The highest BCUT2D eigenvalue weighted by Gasteiger charge is 2.50. The molecule has 1 aliphatic heterocycles. The number of nitrogens with zero attached hydrogens (tertiary/aromatic N) is 3. The van der Waals surface area contributed by atoms with Gasteiger partial charge in [-0.15, -0.1) is 11.3 Å². The van der Waals surface area contributed by atoms with E-state index in [1.807, 2.05) is 0 Å². The molecule has 1 aromatic heterocycles. The van der Waals surface area contributed by atoms with Crippen molar-refractivity contribution in [1.29, 1.82) is 0 Å². The Labute approximate surface area is 298 Å². The number of hydrogen-bond donors (Lipinski definition) is 2. The average molecular weight is 734 g/mol. The van der Waals surface area contributed by atoms with Gasteiger partial charge < -0.3 is 33.7 Å². The fraction of sp³-hybridized carbons (Fsp3) is 0.545. The maximum atomic E-state index is 13.8. The van der Waals surface area contributed by atoms with E-state index in [9.17, 15) is 24.0 Å². The number of ether oxygens (including phenoxy) is 4. The summed E-state index contributed by atoms with van der Waals surface area (Å²) in [5, 5.41) is 10.6. The number of carbonyl (C=O) groups excluding carboxylic acids is 5. The van der Waals surface area contributed by atoms with E-state index in [0.717, 1.165) is 11.3 Å². The molecule has 0 bridgehead atoms. The second-order valence-corrected chi connectivity index (χ2v) is 17.8. The van der Waals surface area contributed by atoms with Crippen molar-refractivity contribution in [3.05, 3.63) is 41.4 Å². The van der Waals surface area contributed by atoms with Gasteiger partial charge in [0.05, 0.1) is 6.04 Å². The van der Waals surface area contributed by atoms with Crippen LogP contribution in [0, 0.1) is 5.41 Å². The number of aromatic nitrogens is 1. The van der Waals surface area contributed by atoms with Gasteiger partial charge in [0.25, 0.3) is 5.91 Å². The molecule has 1 aliphatic rings. The molecular weight excluding hydrogens is 687 g/mol. The van der Waals surface area contributed by atoms with E-state index in [1.165, 1.54) is 5.38 Å². The topological polar surface area (TPSA) is 184 Å². The molecule has 1 fully saturated rings. The summed E-state index contributed by atoms with van der Waals surface area (Å²) < 4.78 is 22.8. The number of thiazole rings is 1. The minimum absolute atomic E-state index is 0.0126. The van der Waals surface area contributed by atoms with Gasteiger partial charge in [0.1, 0.15) is 45.0 Å². The maximum Gasteiger partial charge on any atom is 0.513 e. The Morgan fingerprint density at radius 3 is 2.24 bits per heavy atom. The van der Waals surface area contributed by atoms with Crippen molar-refractivity contribution in [3.63, 3.8) is 0 Å². The molecule has 0 spiro atoms. The SMILES string of the molecule is CC([SiH2]N1C(=O)C(NC(=O)C(=NOCC(=O)OC(C)(C)C)c2csc(NC(=O)OC(C)(C)C)n2)C1COC(=O)Oc1ccccc1)C(C)(C)C. The van der Waals surface area contributed by atoms with Crippen molar-refractivity contribution >= 4 is 61.9 Å². The van der Waals surface area contributed by atoms with Gasteiger partial charge in [0.2, 0.25) is 12.5 Å².